The Morgan fingerprint density at radius 2 is 1.81 bits per heavy atom. The second-order valence-electron chi connectivity index (χ2n) is 6.82. The lowest BCUT2D eigenvalue weighted by atomic mass is 9.83. The fraction of sp³-hybridized carbons (Fsp3) is 0.381. The van der Waals surface area contributed by atoms with Crippen LogP contribution in [0.25, 0.3) is 10.8 Å². The zero-order valence-electron chi connectivity index (χ0n) is 14.8. The van der Waals surface area contributed by atoms with E-state index in [9.17, 15) is 14.9 Å². The number of ether oxygens (including phenoxy) is 1. The van der Waals surface area contributed by atoms with E-state index in [-0.39, 0.29) is 0 Å². The van der Waals surface area contributed by atoms with Crippen LogP contribution in [0.15, 0.2) is 42.5 Å². The molecule has 1 fully saturated rings. The third kappa shape index (κ3) is 3.70. The van der Waals surface area contributed by atoms with Crippen LogP contribution in [0.2, 0.25) is 0 Å². The molecule has 134 valence electrons. The molecule has 5 heteroatoms. The van der Waals surface area contributed by atoms with Crippen molar-refractivity contribution in [1.29, 1.82) is 5.26 Å². The topological polar surface area (TPSA) is 79.2 Å². The normalized spacial score (nSPS) is 17.1. The molecule has 2 aromatic rings. The van der Waals surface area contributed by atoms with Gasteiger partial charge in [0.25, 0.3) is 5.91 Å². The van der Waals surface area contributed by atoms with Crippen LogP contribution in [0.1, 0.15) is 49.4 Å². The molecule has 0 saturated heterocycles. The number of hydrogen-bond acceptors (Lipinski definition) is 4. The van der Waals surface area contributed by atoms with Crippen molar-refractivity contribution in [2.24, 2.45) is 0 Å². The number of nitriles is 1. The molecule has 26 heavy (non-hydrogen) atoms. The van der Waals surface area contributed by atoms with Crippen LogP contribution in [0.3, 0.4) is 0 Å². The molecule has 1 saturated carbocycles. The van der Waals surface area contributed by atoms with Gasteiger partial charge >= 0.3 is 5.97 Å². The molecule has 1 atom stereocenters. The molecule has 0 aliphatic heterocycles. The summed E-state index contributed by atoms with van der Waals surface area (Å²) in [5.41, 5.74) is -0.412. The Morgan fingerprint density at radius 1 is 1.12 bits per heavy atom. The smallest absolute Gasteiger partial charge is 0.339 e. The summed E-state index contributed by atoms with van der Waals surface area (Å²) < 4.78 is 5.38. The molecule has 0 unspecified atom stereocenters. The largest absolute Gasteiger partial charge is 0.449 e. The van der Waals surface area contributed by atoms with E-state index in [1.165, 1.54) is 6.92 Å². The van der Waals surface area contributed by atoms with Gasteiger partial charge in [-0.15, -0.1) is 0 Å². The molecule has 1 aliphatic carbocycles. The summed E-state index contributed by atoms with van der Waals surface area (Å²) in [4.78, 5) is 25.0. The molecule has 0 bridgehead atoms. The van der Waals surface area contributed by atoms with Gasteiger partial charge in [0.15, 0.2) is 6.10 Å². The minimum Gasteiger partial charge on any atom is -0.449 e. The number of fused-ring (bicyclic) bond motifs is 1. The summed E-state index contributed by atoms with van der Waals surface area (Å²) in [5.74, 6) is -0.971. The van der Waals surface area contributed by atoms with E-state index >= 15 is 0 Å². The third-order valence-corrected chi connectivity index (χ3v) is 4.95. The Balaban J connectivity index is 1.70. The van der Waals surface area contributed by atoms with E-state index < -0.39 is 23.5 Å². The first-order valence-corrected chi connectivity index (χ1v) is 8.97. The molecule has 1 aliphatic rings. The Kier molecular flexibility index (Phi) is 5.22. The molecule has 2 aromatic carbocycles. The van der Waals surface area contributed by atoms with E-state index in [0.29, 0.717) is 18.4 Å². The standard InChI is InChI=1S/C21H22N2O3/c1-15(19(24)23-21(14-22)12-5-2-6-13-21)26-20(25)18-11-7-9-16-8-3-4-10-17(16)18/h3-4,7-11,15H,2,5-6,12-13H2,1H3,(H,23,24)/t15-/m0/s1. The first kappa shape index (κ1) is 17.9. The minimum absolute atomic E-state index is 0.426. The van der Waals surface area contributed by atoms with Crippen LogP contribution >= 0.6 is 0 Å². The Morgan fingerprint density at radius 3 is 2.54 bits per heavy atom. The van der Waals surface area contributed by atoms with Crippen LogP contribution in [-0.2, 0) is 9.53 Å². The van der Waals surface area contributed by atoms with Gasteiger partial charge in [0.1, 0.15) is 5.54 Å². The number of amides is 1. The molecular formula is C21H22N2O3. The molecule has 1 N–H and O–H groups in total. The van der Waals surface area contributed by atoms with E-state index in [2.05, 4.69) is 11.4 Å². The van der Waals surface area contributed by atoms with Crippen LogP contribution < -0.4 is 5.32 Å². The van der Waals surface area contributed by atoms with Crippen LogP contribution in [-0.4, -0.2) is 23.5 Å². The summed E-state index contributed by atoms with van der Waals surface area (Å²) in [5, 5.41) is 14.0. The number of carbonyl (C=O) groups excluding carboxylic acids is 2. The van der Waals surface area contributed by atoms with Gasteiger partial charge < -0.3 is 10.1 Å². The molecule has 3 rings (SSSR count). The highest BCUT2D eigenvalue weighted by Crippen LogP contribution is 2.27. The number of rotatable bonds is 4. The van der Waals surface area contributed by atoms with Gasteiger partial charge in [0.2, 0.25) is 0 Å². The summed E-state index contributed by atoms with van der Waals surface area (Å²) in [6, 6.07) is 15.2. The van der Waals surface area contributed by atoms with Crippen LogP contribution in [0.5, 0.6) is 0 Å². The fourth-order valence-electron chi connectivity index (χ4n) is 3.44. The van der Waals surface area contributed by atoms with Crippen molar-refractivity contribution in [3.05, 3.63) is 48.0 Å². The lowest BCUT2D eigenvalue weighted by Crippen LogP contribution is -2.52. The first-order chi connectivity index (χ1) is 12.5. The van der Waals surface area contributed by atoms with Gasteiger partial charge in [-0.3, -0.25) is 4.79 Å². The Labute approximate surface area is 153 Å². The molecule has 0 heterocycles. The van der Waals surface area contributed by atoms with Gasteiger partial charge in [-0.2, -0.15) is 5.26 Å². The lowest BCUT2D eigenvalue weighted by molar-refractivity contribution is -0.130. The quantitative estimate of drug-likeness (QED) is 0.852. The van der Waals surface area contributed by atoms with E-state index in [1.807, 2.05) is 30.3 Å². The highest BCUT2D eigenvalue weighted by atomic mass is 16.5. The van der Waals surface area contributed by atoms with Crippen LogP contribution in [0, 0.1) is 11.3 Å². The molecular weight excluding hydrogens is 328 g/mol. The minimum atomic E-state index is -0.964. The molecule has 0 radical (unpaired) electrons. The predicted octanol–water partition coefficient (Wildman–Crippen LogP) is 3.73. The third-order valence-electron chi connectivity index (χ3n) is 4.95. The maximum absolute atomic E-state index is 12.5. The van der Waals surface area contributed by atoms with Gasteiger partial charge in [0, 0.05) is 0 Å². The SMILES string of the molecule is C[C@H](OC(=O)c1cccc2ccccc12)C(=O)NC1(C#N)CCCCC1. The number of hydrogen-bond donors (Lipinski definition) is 1. The number of nitrogens with zero attached hydrogens (tertiary/aromatic N) is 1. The van der Waals surface area contributed by atoms with Crippen molar-refractivity contribution in [3.8, 4) is 6.07 Å². The molecule has 1 amide bonds. The van der Waals surface area contributed by atoms with Gasteiger partial charge in [-0.05, 0) is 36.6 Å². The number of benzene rings is 2. The second kappa shape index (κ2) is 7.57. The fourth-order valence-corrected chi connectivity index (χ4v) is 3.44. The van der Waals surface area contributed by atoms with E-state index in [4.69, 9.17) is 4.74 Å². The first-order valence-electron chi connectivity index (χ1n) is 8.97. The van der Waals surface area contributed by atoms with Crippen LogP contribution in [0.4, 0.5) is 0 Å². The van der Waals surface area contributed by atoms with Gasteiger partial charge in [0.05, 0.1) is 11.6 Å². The number of esters is 1. The van der Waals surface area contributed by atoms with Crippen molar-refractivity contribution in [1.82, 2.24) is 5.32 Å². The van der Waals surface area contributed by atoms with E-state index in [0.717, 1.165) is 30.0 Å². The highest BCUT2D eigenvalue weighted by Gasteiger charge is 2.35. The number of carbonyl (C=O) groups is 2. The maximum Gasteiger partial charge on any atom is 0.339 e. The highest BCUT2D eigenvalue weighted by molar-refractivity contribution is 6.05. The number of nitrogens with one attached hydrogen (secondary N) is 1. The zero-order valence-corrected chi connectivity index (χ0v) is 14.8. The van der Waals surface area contributed by atoms with Gasteiger partial charge in [-0.1, -0.05) is 55.7 Å². The molecule has 5 nitrogen and oxygen atoms in total. The Hall–Kier alpha value is -2.87. The predicted molar refractivity (Wildman–Crippen MR) is 98.4 cm³/mol. The van der Waals surface area contributed by atoms with Crippen molar-refractivity contribution >= 4 is 22.6 Å². The maximum atomic E-state index is 12.5. The average Bonchev–Trinajstić information content (AvgIpc) is 2.68. The average molecular weight is 350 g/mol. The molecule has 0 spiro atoms. The van der Waals surface area contributed by atoms with Crippen molar-refractivity contribution in [2.75, 3.05) is 0 Å². The van der Waals surface area contributed by atoms with Gasteiger partial charge in [-0.25, -0.2) is 4.79 Å². The lowest BCUT2D eigenvalue weighted by Gasteiger charge is -2.32. The summed E-state index contributed by atoms with van der Waals surface area (Å²) in [7, 11) is 0. The summed E-state index contributed by atoms with van der Waals surface area (Å²) in [6.45, 7) is 1.53. The van der Waals surface area contributed by atoms with Crippen molar-refractivity contribution < 1.29 is 14.3 Å². The zero-order chi connectivity index (χ0) is 18.6. The van der Waals surface area contributed by atoms with E-state index in [1.54, 1.807) is 12.1 Å². The van der Waals surface area contributed by atoms with Crippen molar-refractivity contribution in [3.63, 3.8) is 0 Å². The monoisotopic (exact) mass is 350 g/mol. The molecule has 0 aromatic heterocycles. The second-order valence-corrected chi connectivity index (χ2v) is 6.82. The summed E-state index contributed by atoms with van der Waals surface area (Å²) >= 11 is 0. The summed E-state index contributed by atoms with van der Waals surface area (Å²) in [6.07, 6.45) is 3.22. The Bertz CT molecular complexity index is 858. The van der Waals surface area contributed by atoms with Crippen molar-refractivity contribution in [2.45, 2.75) is 50.7 Å².